The maximum absolute atomic E-state index is 14.2. The first-order valence-corrected chi connectivity index (χ1v) is 9.52. The van der Waals surface area contributed by atoms with E-state index >= 15 is 0 Å². The fourth-order valence-corrected chi connectivity index (χ4v) is 3.91. The summed E-state index contributed by atoms with van der Waals surface area (Å²) in [5.74, 6) is -0.509. The van der Waals surface area contributed by atoms with Gasteiger partial charge in [-0.15, -0.1) is 0 Å². The van der Waals surface area contributed by atoms with Gasteiger partial charge >= 0.3 is 0 Å². The Kier molecular flexibility index (Phi) is 6.29. The van der Waals surface area contributed by atoms with Crippen LogP contribution in [-0.4, -0.2) is 40.9 Å². The van der Waals surface area contributed by atoms with E-state index < -0.39 is 42.8 Å². The van der Waals surface area contributed by atoms with E-state index in [-0.39, 0.29) is 16.5 Å². The number of aliphatic hydroxyl groups is 1. The van der Waals surface area contributed by atoms with Crippen LogP contribution in [0.25, 0.3) is 10.9 Å². The van der Waals surface area contributed by atoms with Crippen LogP contribution in [0.1, 0.15) is 24.6 Å². The normalized spacial score (nSPS) is 15.9. The molecule has 0 fully saturated rings. The predicted molar refractivity (Wildman–Crippen MR) is 107 cm³/mol. The molecule has 0 saturated carbocycles. The van der Waals surface area contributed by atoms with Gasteiger partial charge in [0.2, 0.25) is 0 Å². The van der Waals surface area contributed by atoms with Crippen LogP contribution in [-0.2, 0) is 11.8 Å². The highest BCUT2D eigenvalue weighted by Gasteiger charge is 2.46. The first-order valence-electron chi connectivity index (χ1n) is 9.14. The second kappa shape index (κ2) is 8.43. The first-order chi connectivity index (χ1) is 14.1. The largest absolute Gasteiger partial charge is 0.496 e. The van der Waals surface area contributed by atoms with Gasteiger partial charge in [-0.1, -0.05) is 18.5 Å². The Morgan fingerprint density at radius 1 is 1.27 bits per heavy atom. The molecule has 3 rings (SSSR count). The fraction of sp³-hybridized carbons (Fsp3) is 0.381. The molecule has 162 valence electrons. The molecule has 0 aliphatic carbocycles. The van der Waals surface area contributed by atoms with Crippen LogP contribution >= 0.6 is 11.6 Å². The van der Waals surface area contributed by atoms with Crippen molar-refractivity contribution in [1.82, 2.24) is 9.97 Å². The van der Waals surface area contributed by atoms with Gasteiger partial charge in [0.05, 0.1) is 25.5 Å². The Morgan fingerprint density at radius 3 is 2.63 bits per heavy atom. The molecule has 2 N–H and O–H groups in total. The van der Waals surface area contributed by atoms with Crippen molar-refractivity contribution < 1.29 is 27.4 Å². The highest BCUT2D eigenvalue weighted by Crippen LogP contribution is 2.42. The van der Waals surface area contributed by atoms with Crippen molar-refractivity contribution >= 4 is 22.5 Å². The second-order valence-corrected chi connectivity index (χ2v) is 8.07. The van der Waals surface area contributed by atoms with Gasteiger partial charge in [0.25, 0.3) is 6.43 Å². The van der Waals surface area contributed by atoms with E-state index in [1.165, 1.54) is 26.3 Å². The van der Waals surface area contributed by atoms with Crippen molar-refractivity contribution in [2.45, 2.75) is 37.2 Å². The Morgan fingerprint density at radius 2 is 2.00 bits per heavy atom. The maximum Gasteiger partial charge on any atom is 0.267 e. The maximum atomic E-state index is 14.2. The number of nitrogens with zero attached hydrogens (tertiary/aromatic N) is 1. The van der Waals surface area contributed by atoms with Crippen molar-refractivity contribution in [3.63, 3.8) is 0 Å². The van der Waals surface area contributed by atoms with Crippen LogP contribution in [0.2, 0.25) is 5.15 Å². The lowest BCUT2D eigenvalue weighted by Gasteiger charge is -2.37. The molecule has 30 heavy (non-hydrogen) atoms. The minimum absolute atomic E-state index is 0.0687. The summed E-state index contributed by atoms with van der Waals surface area (Å²) in [6.45, 7) is 0.251. The molecular weight excluding hydrogens is 424 g/mol. The summed E-state index contributed by atoms with van der Waals surface area (Å²) in [6, 6.07) is 6.60. The van der Waals surface area contributed by atoms with E-state index in [1.807, 2.05) is 0 Å². The van der Waals surface area contributed by atoms with Crippen molar-refractivity contribution in [2.24, 2.45) is 0 Å². The minimum atomic E-state index is -3.18. The average molecular weight is 445 g/mol. The molecule has 0 aliphatic rings. The smallest absolute Gasteiger partial charge is 0.267 e. The van der Waals surface area contributed by atoms with Gasteiger partial charge in [-0.05, 0) is 36.8 Å². The van der Waals surface area contributed by atoms with Crippen LogP contribution in [0, 0.1) is 5.82 Å². The quantitative estimate of drug-likeness (QED) is 0.370. The molecule has 2 atom stereocenters. The number of aromatic nitrogens is 2. The number of rotatable bonds is 8. The third kappa shape index (κ3) is 4.39. The molecule has 0 aliphatic heterocycles. The molecule has 0 radical (unpaired) electrons. The van der Waals surface area contributed by atoms with Crippen LogP contribution in [0.3, 0.4) is 0 Å². The number of aromatic amines is 1. The molecule has 3 aromatic rings. The summed E-state index contributed by atoms with van der Waals surface area (Å²) in [4.78, 5) is 6.83. The predicted octanol–water partition coefficient (Wildman–Crippen LogP) is 5.22. The van der Waals surface area contributed by atoms with Crippen molar-refractivity contribution in [1.29, 1.82) is 0 Å². The third-order valence-electron chi connectivity index (χ3n) is 5.23. The zero-order valence-corrected chi connectivity index (χ0v) is 17.1. The molecule has 1 aromatic carbocycles. The SMILES string of the molecule is COc1ccc(F)cc1C(C)(CF)CC(O)(Cc1cc2cc(Cl)ncc2[nH]1)C(F)F. The molecule has 2 aromatic heterocycles. The molecule has 0 bridgehead atoms. The summed E-state index contributed by atoms with van der Waals surface area (Å²) in [7, 11) is 1.32. The zero-order chi connectivity index (χ0) is 22.1. The molecule has 0 saturated heterocycles. The van der Waals surface area contributed by atoms with Gasteiger partial charge in [-0.2, -0.15) is 0 Å². The number of nitrogens with one attached hydrogen (secondary N) is 1. The minimum Gasteiger partial charge on any atom is -0.496 e. The number of alkyl halides is 3. The van der Waals surface area contributed by atoms with E-state index in [0.717, 1.165) is 12.1 Å². The summed E-state index contributed by atoms with van der Waals surface area (Å²) in [5.41, 5.74) is -3.26. The van der Waals surface area contributed by atoms with Crippen molar-refractivity contribution in [3.05, 3.63) is 58.8 Å². The Labute approximate surface area is 175 Å². The van der Waals surface area contributed by atoms with Crippen molar-refractivity contribution in [2.75, 3.05) is 13.8 Å². The number of pyridine rings is 1. The van der Waals surface area contributed by atoms with Gasteiger partial charge in [0, 0.05) is 28.5 Å². The highest BCUT2D eigenvalue weighted by molar-refractivity contribution is 6.30. The zero-order valence-electron chi connectivity index (χ0n) is 16.4. The van der Waals surface area contributed by atoms with E-state index in [1.54, 1.807) is 12.1 Å². The Bertz CT molecular complexity index is 1050. The summed E-state index contributed by atoms with van der Waals surface area (Å²) in [5, 5.41) is 11.7. The number of fused-ring (bicyclic) bond motifs is 1. The van der Waals surface area contributed by atoms with Crippen LogP contribution in [0.5, 0.6) is 5.75 Å². The van der Waals surface area contributed by atoms with Gasteiger partial charge in [-0.3, -0.25) is 4.39 Å². The molecule has 0 amide bonds. The number of ether oxygens (including phenoxy) is 1. The van der Waals surface area contributed by atoms with E-state index in [0.29, 0.717) is 16.6 Å². The third-order valence-corrected chi connectivity index (χ3v) is 5.44. The summed E-state index contributed by atoms with van der Waals surface area (Å²) >= 11 is 5.85. The van der Waals surface area contributed by atoms with E-state index in [2.05, 4.69) is 9.97 Å². The van der Waals surface area contributed by atoms with Gasteiger partial charge in [0.1, 0.15) is 22.3 Å². The summed E-state index contributed by atoms with van der Waals surface area (Å²) in [6.07, 6.45) is -2.88. The second-order valence-electron chi connectivity index (χ2n) is 7.69. The van der Waals surface area contributed by atoms with E-state index in [9.17, 15) is 22.7 Å². The Hall–Kier alpha value is -2.32. The highest BCUT2D eigenvalue weighted by atomic mass is 35.5. The number of benzene rings is 1. The molecule has 4 nitrogen and oxygen atoms in total. The van der Waals surface area contributed by atoms with Crippen LogP contribution in [0.4, 0.5) is 17.6 Å². The van der Waals surface area contributed by atoms with Gasteiger partial charge < -0.3 is 14.8 Å². The molecule has 2 heterocycles. The van der Waals surface area contributed by atoms with Crippen LogP contribution < -0.4 is 4.74 Å². The van der Waals surface area contributed by atoms with Gasteiger partial charge in [-0.25, -0.2) is 18.2 Å². The molecule has 2 unspecified atom stereocenters. The standard InChI is InChI=1S/C21H21ClF4N2O2/c1-20(11-23,15-7-13(24)3-4-17(15)30-2)10-21(29,19(25)26)8-14-5-12-6-18(22)27-9-16(12)28-14/h3-7,9,19,28-29H,8,10-11H2,1-2H3. The molecular formula is C21H21ClF4N2O2. The lowest BCUT2D eigenvalue weighted by molar-refractivity contribution is -0.113. The summed E-state index contributed by atoms with van der Waals surface area (Å²) < 4.78 is 61.2. The number of halogens is 5. The number of hydrogen-bond donors (Lipinski definition) is 2. The van der Waals surface area contributed by atoms with Crippen LogP contribution in [0.15, 0.2) is 36.5 Å². The lowest BCUT2D eigenvalue weighted by Crippen LogP contribution is -2.46. The number of H-pyrrole nitrogens is 1. The monoisotopic (exact) mass is 444 g/mol. The number of hydrogen-bond acceptors (Lipinski definition) is 3. The topological polar surface area (TPSA) is 58.1 Å². The Balaban J connectivity index is 1.98. The van der Waals surface area contributed by atoms with Crippen molar-refractivity contribution in [3.8, 4) is 5.75 Å². The lowest BCUT2D eigenvalue weighted by atomic mass is 9.73. The first kappa shape index (κ1) is 22.4. The average Bonchev–Trinajstić information content (AvgIpc) is 3.08. The number of methoxy groups -OCH3 is 1. The fourth-order valence-electron chi connectivity index (χ4n) is 3.75. The molecule has 9 heteroatoms. The van der Waals surface area contributed by atoms with E-state index in [4.69, 9.17) is 16.3 Å². The molecule has 0 spiro atoms. The van der Waals surface area contributed by atoms with Gasteiger partial charge in [0.15, 0.2) is 0 Å².